The van der Waals surface area contributed by atoms with Gasteiger partial charge in [-0.05, 0) is 31.2 Å². The molecule has 0 fully saturated rings. The molecule has 0 spiro atoms. The Morgan fingerprint density at radius 2 is 2.07 bits per heavy atom. The van der Waals surface area contributed by atoms with Crippen LogP contribution in [0.4, 0.5) is 5.69 Å². The molecule has 2 aromatic heterocycles. The van der Waals surface area contributed by atoms with Crippen LogP contribution >= 0.6 is 0 Å². The van der Waals surface area contributed by atoms with Crippen LogP contribution in [0.1, 0.15) is 6.92 Å². The number of carbonyl (C=O) groups excluding carboxylic acids is 1. The van der Waals surface area contributed by atoms with Gasteiger partial charge in [-0.3, -0.25) is 14.2 Å². The van der Waals surface area contributed by atoms with Crippen molar-refractivity contribution in [2.75, 3.05) is 25.1 Å². The van der Waals surface area contributed by atoms with E-state index in [2.05, 4.69) is 15.3 Å². The molecule has 1 N–H and O–H groups in total. The molecule has 3 aromatic rings. The average Bonchev–Trinajstić information content (AvgIpc) is 2.71. The molecule has 1 aromatic carbocycles. The van der Waals surface area contributed by atoms with Gasteiger partial charge in [-0.25, -0.2) is 9.97 Å². The molecule has 1 aliphatic heterocycles. The number of fused-ring (bicyclic) bond motifs is 2. The van der Waals surface area contributed by atoms with Crippen molar-refractivity contribution in [1.82, 2.24) is 14.5 Å². The van der Waals surface area contributed by atoms with E-state index in [4.69, 9.17) is 14.2 Å². The van der Waals surface area contributed by atoms with E-state index in [9.17, 15) is 9.59 Å². The molecule has 0 atom stereocenters. The van der Waals surface area contributed by atoms with Crippen molar-refractivity contribution >= 4 is 22.8 Å². The highest BCUT2D eigenvalue weighted by Gasteiger charge is 2.17. The summed E-state index contributed by atoms with van der Waals surface area (Å²) in [5.41, 5.74) is 0.815. The molecule has 0 aliphatic carbocycles. The van der Waals surface area contributed by atoms with Crippen molar-refractivity contribution < 1.29 is 19.0 Å². The average molecular weight is 382 g/mol. The quantitative estimate of drug-likeness (QED) is 0.715. The Morgan fingerprint density at radius 3 is 2.89 bits per heavy atom. The summed E-state index contributed by atoms with van der Waals surface area (Å²) < 4.78 is 17.5. The zero-order valence-corrected chi connectivity index (χ0v) is 15.2. The van der Waals surface area contributed by atoms with Gasteiger partial charge in [0.1, 0.15) is 25.3 Å². The number of carbonyl (C=O) groups is 1. The summed E-state index contributed by atoms with van der Waals surface area (Å²) in [6.45, 7) is 2.76. The number of amides is 1. The lowest BCUT2D eigenvalue weighted by Gasteiger charge is -2.19. The van der Waals surface area contributed by atoms with Crippen LogP contribution in [0.25, 0.3) is 11.2 Å². The minimum Gasteiger partial charge on any atom is -0.486 e. The van der Waals surface area contributed by atoms with Gasteiger partial charge >= 0.3 is 5.56 Å². The topological polar surface area (TPSA) is 105 Å². The zero-order valence-electron chi connectivity index (χ0n) is 15.2. The molecule has 0 radical (unpaired) electrons. The molecule has 1 aliphatic rings. The van der Waals surface area contributed by atoms with Crippen LogP contribution in [0.3, 0.4) is 0 Å². The lowest BCUT2D eigenvalue weighted by atomic mass is 10.2. The van der Waals surface area contributed by atoms with Crippen molar-refractivity contribution in [2.45, 2.75) is 13.5 Å². The Morgan fingerprint density at radius 1 is 1.25 bits per heavy atom. The minimum atomic E-state index is -0.509. The molecule has 4 rings (SSSR count). The van der Waals surface area contributed by atoms with Crippen LogP contribution in [-0.4, -0.2) is 40.3 Å². The van der Waals surface area contributed by atoms with Crippen molar-refractivity contribution in [2.24, 2.45) is 0 Å². The second-order valence-electron chi connectivity index (χ2n) is 5.99. The minimum absolute atomic E-state index is 0.0601. The number of rotatable bonds is 5. The van der Waals surface area contributed by atoms with E-state index in [-0.39, 0.29) is 24.9 Å². The summed E-state index contributed by atoms with van der Waals surface area (Å²) in [5, 5.41) is 2.76. The number of nitrogens with one attached hydrogen (secondary N) is 1. The maximum atomic E-state index is 12.7. The number of anilines is 1. The van der Waals surface area contributed by atoms with Gasteiger partial charge in [0.05, 0.1) is 6.61 Å². The number of aromatic nitrogens is 3. The fourth-order valence-electron chi connectivity index (χ4n) is 2.90. The number of benzene rings is 1. The lowest BCUT2D eigenvalue weighted by molar-refractivity contribution is -0.116. The normalized spacial score (nSPS) is 12.6. The first-order valence-electron chi connectivity index (χ1n) is 8.83. The van der Waals surface area contributed by atoms with Crippen molar-refractivity contribution in [3.8, 4) is 17.4 Å². The summed E-state index contributed by atoms with van der Waals surface area (Å²) in [7, 11) is 0. The smallest absolute Gasteiger partial charge is 0.315 e. The molecule has 28 heavy (non-hydrogen) atoms. The fraction of sp³-hybridized carbons (Fsp3) is 0.263. The Labute approximate surface area is 159 Å². The molecule has 0 bridgehead atoms. The largest absolute Gasteiger partial charge is 0.486 e. The Hall–Kier alpha value is -3.62. The van der Waals surface area contributed by atoms with Gasteiger partial charge in [0.25, 0.3) is 5.88 Å². The number of hydrogen-bond acceptors (Lipinski definition) is 7. The molecule has 144 valence electrons. The van der Waals surface area contributed by atoms with Gasteiger partial charge in [-0.2, -0.15) is 0 Å². The molecule has 0 unspecified atom stereocenters. The standard InChI is InChI=1S/C19H18N4O5/c1-2-26-18-19(25)23(17-13(22-18)4-3-7-20-17)11-16(24)21-12-5-6-14-15(10-12)28-9-8-27-14/h3-7,10H,2,8-9,11H2,1H3,(H,21,24). The predicted octanol–water partition coefficient (Wildman–Crippen LogP) is 1.60. The molecule has 9 nitrogen and oxygen atoms in total. The summed E-state index contributed by atoms with van der Waals surface area (Å²) in [6, 6.07) is 8.54. The van der Waals surface area contributed by atoms with Gasteiger partial charge in [-0.15, -0.1) is 0 Å². The van der Waals surface area contributed by atoms with E-state index in [0.29, 0.717) is 41.6 Å². The fourth-order valence-corrected chi connectivity index (χ4v) is 2.90. The first-order valence-corrected chi connectivity index (χ1v) is 8.83. The van der Waals surface area contributed by atoms with Gasteiger partial charge in [-0.1, -0.05) is 0 Å². The third kappa shape index (κ3) is 3.46. The number of nitrogens with zero attached hydrogens (tertiary/aromatic N) is 3. The highest BCUT2D eigenvalue weighted by atomic mass is 16.6. The van der Waals surface area contributed by atoms with Crippen molar-refractivity contribution in [3.63, 3.8) is 0 Å². The third-order valence-corrected chi connectivity index (χ3v) is 4.08. The van der Waals surface area contributed by atoms with E-state index >= 15 is 0 Å². The van der Waals surface area contributed by atoms with Gasteiger partial charge < -0.3 is 19.5 Å². The molecule has 3 heterocycles. The van der Waals surface area contributed by atoms with E-state index in [0.717, 1.165) is 0 Å². The van der Waals surface area contributed by atoms with Crippen LogP contribution < -0.4 is 25.1 Å². The predicted molar refractivity (Wildman–Crippen MR) is 101 cm³/mol. The summed E-state index contributed by atoms with van der Waals surface area (Å²) in [6.07, 6.45) is 1.54. The van der Waals surface area contributed by atoms with Gasteiger partial charge in [0.2, 0.25) is 5.91 Å². The van der Waals surface area contributed by atoms with Crippen LogP contribution in [0.15, 0.2) is 41.3 Å². The highest BCUT2D eigenvalue weighted by molar-refractivity contribution is 5.91. The molecule has 1 amide bonds. The summed E-state index contributed by atoms with van der Waals surface area (Å²) >= 11 is 0. The second kappa shape index (κ2) is 7.55. The SMILES string of the molecule is CCOc1nc2cccnc2n(CC(=O)Nc2ccc3c(c2)OCCO3)c1=O. The molecule has 0 saturated heterocycles. The summed E-state index contributed by atoms with van der Waals surface area (Å²) in [4.78, 5) is 33.6. The molecule has 9 heteroatoms. The Balaban J connectivity index is 1.61. The van der Waals surface area contributed by atoms with E-state index in [1.54, 1.807) is 43.5 Å². The van der Waals surface area contributed by atoms with Crippen LogP contribution in [0, 0.1) is 0 Å². The maximum Gasteiger partial charge on any atom is 0.315 e. The lowest BCUT2D eigenvalue weighted by Crippen LogP contribution is -2.30. The zero-order chi connectivity index (χ0) is 19.5. The monoisotopic (exact) mass is 382 g/mol. The number of hydrogen-bond donors (Lipinski definition) is 1. The van der Waals surface area contributed by atoms with Crippen LogP contribution in [0.5, 0.6) is 17.4 Å². The van der Waals surface area contributed by atoms with Crippen LogP contribution in [-0.2, 0) is 11.3 Å². The van der Waals surface area contributed by atoms with E-state index in [1.807, 2.05) is 0 Å². The Kier molecular flexibility index (Phi) is 4.79. The van der Waals surface area contributed by atoms with Gasteiger partial charge in [0.15, 0.2) is 17.1 Å². The van der Waals surface area contributed by atoms with Gasteiger partial charge in [0, 0.05) is 18.0 Å². The number of ether oxygens (including phenoxy) is 3. The molecular formula is C19H18N4O5. The van der Waals surface area contributed by atoms with E-state index in [1.165, 1.54) is 4.57 Å². The van der Waals surface area contributed by atoms with Crippen molar-refractivity contribution in [1.29, 1.82) is 0 Å². The first-order chi connectivity index (χ1) is 13.7. The first kappa shape index (κ1) is 17.8. The maximum absolute atomic E-state index is 12.7. The third-order valence-electron chi connectivity index (χ3n) is 4.08. The second-order valence-corrected chi connectivity index (χ2v) is 5.99. The highest BCUT2D eigenvalue weighted by Crippen LogP contribution is 2.32. The van der Waals surface area contributed by atoms with Crippen LogP contribution in [0.2, 0.25) is 0 Å². The Bertz CT molecular complexity index is 1100. The number of pyridine rings is 1. The molecular weight excluding hydrogens is 364 g/mol. The summed E-state index contributed by atoms with van der Waals surface area (Å²) in [5.74, 6) is 0.747. The van der Waals surface area contributed by atoms with E-state index < -0.39 is 5.56 Å². The van der Waals surface area contributed by atoms with Crippen molar-refractivity contribution in [3.05, 3.63) is 46.9 Å². The molecule has 0 saturated carbocycles.